The Balaban J connectivity index is 1.90. The molecule has 0 saturated heterocycles. The zero-order valence-corrected chi connectivity index (χ0v) is 15.1. The zero-order chi connectivity index (χ0) is 18.0. The number of carbonyl (C=O) groups excluding carboxylic acids is 1. The van der Waals surface area contributed by atoms with Crippen molar-refractivity contribution >= 4 is 11.9 Å². The van der Waals surface area contributed by atoms with E-state index in [1.54, 1.807) is 12.1 Å². The van der Waals surface area contributed by atoms with Crippen LogP contribution in [0.2, 0.25) is 0 Å². The predicted octanol–water partition coefficient (Wildman–Crippen LogP) is 5.26. The van der Waals surface area contributed by atoms with E-state index in [2.05, 4.69) is 0 Å². The fraction of sp³-hybridized carbons (Fsp3) is 0.227. The van der Waals surface area contributed by atoms with Crippen molar-refractivity contribution < 1.29 is 14.3 Å². The average Bonchev–Trinajstić information content (AvgIpc) is 2.89. The Labute approximate surface area is 148 Å². The van der Waals surface area contributed by atoms with Crippen molar-refractivity contribution in [1.29, 1.82) is 0 Å². The van der Waals surface area contributed by atoms with Crippen molar-refractivity contribution in [3.05, 3.63) is 76.1 Å². The molecule has 1 heterocycles. The van der Waals surface area contributed by atoms with Crippen molar-refractivity contribution in [2.24, 2.45) is 0 Å². The van der Waals surface area contributed by atoms with Crippen molar-refractivity contribution in [2.75, 3.05) is 6.61 Å². The molecule has 1 aliphatic rings. The first-order valence-corrected chi connectivity index (χ1v) is 8.37. The lowest BCUT2D eigenvalue weighted by Gasteiger charge is -2.10. The maximum Gasteiger partial charge on any atom is 0.231 e. The van der Waals surface area contributed by atoms with Gasteiger partial charge in [0, 0.05) is 5.56 Å². The fourth-order valence-corrected chi connectivity index (χ4v) is 2.71. The number of hydrogen-bond donors (Lipinski definition) is 0. The van der Waals surface area contributed by atoms with Crippen LogP contribution in [0.1, 0.15) is 40.9 Å². The van der Waals surface area contributed by atoms with Crippen LogP contribution in [0.3, 0.4) is 0 Å². The molecule has 2 aromatic rings. The molecular formula is C22H22O3. The molecule has 0 atom stereocenters. The average molecular weight is 334 g/mol. The van der Waals surface area contributed by atoms with Crippen LogP contribution in [0.4, 0.5) is 0 Å². The number of ketones is 1. The molecule has 3 rings (SSSR count). The maximum atomic E-state index is 12.6. The third-order valence-electron chi connectivity index (χ3n) is 4.24. The summed E-state index contributed by atoms with van der Waals surface area (Å²) in [4.78, 5) is 12.6. The molecule has 3 nitrogen and oxygen atoms in total. The second kappa shape index (κ2) is 6.98. The van der Waals surface area contributed by atoms with E-state index in [1.807, 2.05) is 64.1 Å². The molecular weight excluding hydrogens is 312 g/mol. The maximum absolute atomic E-state index is 12.6. The van der Waals surface area contributed by atoms with E-state index in [-0.39, 0.29) is 5.78 Å². The van der Waals surface area contributed by atoms with Gasteiger partial charge in [-0.05, 0) is 63.1 Å². The van der Waals surface area contributed by atoms with Crippen LogP contribution < -0.4 is 9.47 Å². The standard InChI is InChI=1S/C22H22O3/c1-14(2)11-12-24-19-10-9-18-21(23)20(25-22(18)16(19)4)13-17-8-6-5-7-15(17)3/h5-11,13H,12H2,1-4H3/b20-13-. The Hall–Kier alpha value is -2.81. The summed E-state index contributed by atoms with van der Waals surface area (Å²) in [6.07, 6.45) is 3.82. The second-order valence-corrected chi connectivity index (χ2v) is 6.45. The molecule has 25 heavy (non-hydrogen) atoms. The first kappa shape index (κ1) is 17.0. The quantitative estimate of drug-likeness (QED) is 0.565. The van der Waals surface area contributed by atoms with Crippen molar-refractivity contribution in [3.63, 3.8) is 0 Å². The number of hydrogen-bond acceptors (Lipinski definition) is 3. The van der Waals surface area contributed by atoms with E-state index < -0.39 is 0 Å². The summed E-state index contributed by atoms with van der Waals surface area (Å²) in [7, 11) is 0. The highest BCUT2D eigenvalue weighted by molar-refractivity contribution is 6.15. The highest BCUT2D eigenvalue weighted by atomic mass is 16.5. The van der Waals surface area contributed by atoms with E-state index in [1.165, 1.54) is 5.57 Å². The molecule has 128 valence electrons. The van der Waals surface area contributed by atoms with Gasteiger partial charge >= 0.3 is 0 Å². The van der Waals surface area contributed by atoms with Gasteiger partial charge in [-0.2, -0.15) is 0 Å². The Kier molecular flexibility index (Phi) is 4.75. The van der Waals surface area contributed by atoms with E-state index in [0.717, 1.165) is 22.4 Å². The number of carbonyl (C=O) groups is 1. The van der Waals surface area contributed by atoms with Crippen LogP contribution in [0, 0.1) is 13.8 Å². The number of benzene rings is 2. The van der Waals surface area contributed by atoms with Crippen LogP contribution in [0.5, 0.6) is 11.5 Å². The van der Waals surface area contributed by atoms with E-state index >= 15 is 0 Å². The summed E-state index contributed by atoms with van der Waals surface area (Å²) in [6, 6.07) is 11.5. The molecule has 0 radical (unpaired) electrons. The third kappa shape index (κ3) is 3.50. The molecule has 0 amide bonds. The van der Waals surface area contributed by atoms with Crippen LogP contribution in [0.15, 0.2) is 53.8 Å². The topological polar surface area (TPSA) is 35.5 Å². The Morgan fingerprint density at radius 1 is 1.12 bits per heavy atom. The lowest BCUT2D eigenvalue weighted by Crippen LogP contribution is -1.98. The summed E-state index contributed by atoms with van der Waals surface area (Å²) in [5.41, 5.74) is 4.72. The minimum absolute atomic E-state index is 0.0859. The van der Waals surface area contributed by atoms with Gasteiger partial charge in [-0.15, -0.1) is 0 Å². The summed E-state index contributed by atoms with van der Waals surface area (Å²) < 4.78 is 11.7. The second-order valence-electron chi connectivity index (χ2n) is 6.45. The lowest BCUT2D eigenvalue weighted by atomic mass is 10.0. The lowest BCUT2D eigenvalue weighted by molar-refractivity contribution is 0.101. The van der Waals surface area contributed by atoms with Crippen LogP contribution in [-0.4, -0.2) is 12.4 Å². The SMILES string of the molecule is CC(C)=CCOc1ccc2c(c1C)O/C(=C\c1ccccc1C)C2=O. The molecule has 0 unspecified atom stereocenters. The summed E-state index contributed by atoms with van der Waals surface area (Å²) in [5, 5.41) is 0. The van der Waals surface area contributed by atoms with Gasteiger partial charge in [0.15, 0.2) is 5.76 Å². The molecule has 1 aliphatic heterocycles. The summed E-state index contributed by atoms with van der Waals surface area (Å²) in [6.45, 7) is 8.49. The summed E-state index contributed by atoms with van der Waals surface area (Å²) >= 11 is 0. The third-order valence-corrected chi connectivity index (χ3v) is 4.24. The number of aryl methyl sites for hydroxylation is 1. The largest absolute Gasteiger partial charge is 0.489 e. The molecule has 0 aromatic heterocycles. The first-order valence-electron chi connectivity index (χ1n) is 8.37. The Bertz CT molecular complexity index is 884. The number of ether oxygens (including phenoxy) is 2. The normalized spacial score (nSPS) is 14.2. The molecule has 2 aromatic carbocycles. The van der Waals surface area contributed by atoms with E-state index in [0.29, 0.717) is 23.7 Å². The van der Waals surface area contributed by atoms with Gasteiger partial charge in [-0.3, -0.25) is 4.79 Å². The molecule has 0 aliphatic carbocycles. The number of Topliss-reactive ketones (excluding diaryl/α,β-unsaturated/α-hetero) is 1. The van der Waals surface area contributed by atoms with E-state index in [4.69, 9.17) is 9.47 Å². The van der Waals surface area contributed by atoms with Crippen molar-refractivity contribution in [1.82, 2.24) is 0 Å². The molecule has 0 fully saturated rings. The van der Waals surface area contributed by atoms with Gasteiger partial charge in [0.2, 0.25) is 5.78 Å². The first-order chi connectivity index (χ1) is 12.0. The van der Waals surface area contributed by atoms with Crippen molar-refractivity contribution in [3.8, 4) is 11.5 Å². The smallest absolute Gasteiger partial charge is 0.231 e. The highest BCUT2D eigenvalue weighted by Gasteiger charge is 2.30. The Morgan fingerprint density at radius 3 is 2.60 bits per heavy atom. The minimum Gasteiger partial charge on any atom is -0.489 e. The van der Waals surface area contributed by atoms with Gasteiger partial charge in [0.05, 0.1) is 5.56 Å². The van der Waals surface area contributed by atoms with Crippen LogP contribution in [0.25, 0.3) is 6.08 Å². The van der Waals surface area contributed by atoms with Gasteiger partial charge in [-0.25, -0.2) is 0 Å². The van der Waals surface area contributed by atoms with Crippen LogP contribution in [-0.2, 0) is 0 Å². The van der Waals surface area contributed by atoms with Gasteiger partial charge in [-0.1, -0.05) is 29.8 Å². The fourth-order valence-electron chi connectivity index (χ4n) is 2.71. The molecule has 0 spiro atoms. The predicted molar refractivity (Wildman–Crippen MR) is 100 cm³/mol. The highest BCUT2D eigenvalue weighted by Crippen LogP contribution is 2.39. The summed E-state index contributed by atoms with van der Waals surface area (Å²) in [5.74, 6) is 1.60. The zero-order valence-electron chi connectivity index (χ0n) is 15.1. The van der Waals surface area contributed by atoms with Crippen molar-refractivity contribution in [2.45, 2.75) is 27.7 Å². The number of allylic oxidation sites excluding steroid dienone is 2. The van der Waals surface area contributed by atoms with Gasteiger partial charge in [0.25, 0.3) is 0 Å². The molecule has 0 bridgehead atoms. The van der Waals surface area contributed by atoms with E-state index in [9.17, 15) is 4.79 Å². The van der Waals surface area contributed by atoms with Crippen LogP contribution >= 0.6 is 0 Å². The monoisotopic (exact) mass is 334 g/mol. The van der Waals surface area contributed by atoms with Gasteiger partial charge < -0.3 is 9.47 Å². The number of fused-ring (bicyclic) bond motifs is 1. The molecule has 0 saturated carbocycles. The number of rotatable bonds is 4. The Morgan fingerprint density at radius 2 is 1.88 bits per heavy atom. The molecule has 3 heteroatoms. The molecule has 0 N–H and O–H groups in total. The minimum atomic E-state index is -0.0859. The van der Waals surface area contributed by atoms with Gasteiger partial charge in [0.1, 0.15) is 18.1 Å².